The fourth-order valence-corrected chi connectivity index (χ4v) is 3.15. The van der Waals surface area contributed by atoms with E-state index in [1.54, 1.807) is 26.4 Å². The predicted octanol–water partition coefficient (Wildman–Crippen LogP) is 2.99. The third-order valence-electron chi connectivity index (χ3n) is 4.34. The molecular formula is C19H21NO3. The Labute approximate surface area is 136 Å². The Morgan fingerprint density at radius 3 is 2.30 bits per heavy atom. The smallest absolute Gasteiger partial charge is 0.259 e. The van der Waals surface area contributed by atoms with Gasteiger partial charge in [-0.3, -0.25) is 4.79 Å². The van der Waals surface area contributed by atoms with Crippen molar-refractivity contribution in [1.29, 1.82) is 0 Å². The standard InChI is InChI=1S/C19H21NO3/c1-22-16-8-5-9-17(23-2)18(16)19(21)20-15-11-10-13-6-3-4-7-14(13)12-15/h3-9,15H,10-12H2,1-2H3,(H,20,21)/t15-/m0/s1. The van der Waals surface area contributed by atoms with Gasteiger partial charge in [-0.2, -0.15) is 0 Å². The Kier molecular flexibility index (Phi) is 4.51. The second-order valence-electron chi connectivity index (χ2n) is 5.72. The van der Waals surface area contributed by atoms with Gasteiger partial charge in [0.25, 0.3) is 5.91 Å². The topological polar surface area (TPSA) is 47.6 Å². The highest BCUT2D eigenvalue weighted by molar-refractivity contribution is 5.99. The zero-order chi connectivity index (χ0) is 16.2. The van der Waals surface area contributed by atoms with Crippen LogP contribution in [0.4, 0.5) is 0 Å². The van der Waals surface area contributed by atoms with Crippen molar-refractivity contribution >= 4 is 5.91 Å². The second kappa shape index (κ2) is 6.73. The number of nitrogens with one attached hydrogen (secondary N) is 1. The molecule has 4 heteroatoms. The average Bonchev–Trinajstić information content (AvgIpc) is 2.60. The van der Waals surface area contributed by atoms with Gasteiger partial charge in [0.15, 0.2) is 0 Å². The molecule has 3 rings (SSSR count). The highest BCUT2D eigenvalue weighted by Crippen LogP contribution is 2.29. The summed E-state index contributed by atoms with van der Waals surface area (Å²) < 4.78 is 10.6. The van der Waals surface area contributed by atoms with Crippen LogP contribution in [0, 0.1) is 0 Å². The van der Waals surface area contributed by atoms with E-state index in [-0.39, 0.29) is 11.9 Å². The van der Waals surface area contributed by atoms with Crippen LogP contribution in [0.5, 0.6) is 11.5 Å². The molecule has 1 aliphatic carbocycles. The summed E-state index contributed by atoms with van der Waals surface area (Å²) in [4.78, 5) is 12.7. The zero-order valence-corrected chi connectivity index (χ0v) is 13.5. The van der Waals surface area contributed by atoms with Crippen LogP contribution in [-0.2, 0) is 12.8 Å². The normalized spacial score (nSPS) is 16.3. The van der Waals surface area contributed by atoms with Gasteiger partial charge >= 0.3 is 0 Å². The van der Waals surface area contributed by atoms with Crippen molar-refractivity contribution in [2.45, 2.75) is 25.3 Å². The number of carbonyl (C=O) groups is 1. The summed E-state index contributed by atoms with van der Waals surface area (Å²) in [7, 11) is 3.12. The Hall–Kier alpha value is -2.49. The Morgan fingerprint density at radius 2 is 1.65 bits per heavy atom. The lowest BCUT2D eigenvalue weighted by Crippen LogP contribution is -2.39. The van der Waals surface area contributed by atoms with Crippen molar-refractivity contribution in [2.75, 3.05) is 14.2 Å². The van der Waals surface area contributed by atoms with Crippen molar-refractivity contribution in [3.63, 3.8) is 0 Å². The van der Waals surface area contributed by atoms with E-state index in [4.69, 9.17) is 9.47 Å². The Bertz CT molecular complexity index is 689. The van der Waals surface area contributed by atoms with E-state index in [1.165, 1.54) is 11.1 Å². The van der Waals surface area contributed by atoms with Gasteiger partial charge in [-0.15, -0.1) is 0 Å². The fourth-order valence-electron chi connectivity index (χ4n) is 3.15. The lowest BCUT2D eigenvalue weighted by atomic mass is 9.88. The van der Waals surface area contributed by atoms with Crippen LogP contribution in [0.2, 0.25) is 0 Å². The van der Waals surface area contributed by atoms with E-state index in [9.17, 15) is 4.79 Å². The molecule has 1 N–H and O–H groups in total. The minimum Gasteiger partial charge on any atom is -0.496 e. The van der Waals surface area contributed by atoms with E-state index < -0.39 is 0 Å². The fraction of sp³-hybridized carbons (Fsp3) is 0.316. The molecule has 1 aliphatic rings. The van der Waals surface area contributed by atoms with Crippen LogP contribution in [0.15, 0.2) is 42.5 Å². The van der Waals surface area contributed by atoms with E-state index in [0.717, 1.165) is 19.3 Å². The molecule has 0 fully saturated rings. The summed E-state index contributed by atoms with van der Waals surface area (Å²) >= 11 is 0. The zero-order valence-electron chi connectivity index (χ0n) is 13.5. The van der Waals surface area contributed by atoms with Crippen molar-refractivity contribution in [2.24, 2.45) is 0 Å². The molecule has 0 aromatic heterocycles. The molecule has 2 aromatic carbocycles. The minimum absolute atomic E-state index is 0.131. The molecule has 0 spiro atoms. The van der Waals surface area contributed by atoms with Crippen LogP contribution in [0.3, 0.4) is 0 Å². The number of benzene rings is 2. The number of fused-ring (bicyclic) bond motifs is 1. The third kappa shape index (κ3) is 3.16. The maximum absolute atomic E-state index is 12.7. The average molecular weight is 311 g/mol. The van der Waals surface area contributed by atoms with E-state index >= 15 is 0 Å². The summed E-state index contributed by atoms with van der Waals surface area (Å²) in [5, 5.41) is 3.13. The second-order valence-corrected chi connectivity index (χ2v) is 5.72. The van der Waals surface area contributed by atoms with Crippen molar-refractivity contribution < 1.29 is 14.3 Å². The monoisotopic (exact) mass is 311 g/mol. The number of aryl methyl sites for hydroxylation is 1. The number of hydrogen-bond donors (Lipinski definition) is 1. The quantitative estimate of drug-likeness (QED) is 0.944. The van der Waals surface area contributed by atoms with Crippen LogP contribution < -0.4 is 14.8 Å². The lowest BCUT2D eigenvalue weighted by Gasteiger charge is -2.26. The first kappa shape index (κ1) is 15.4. The highest BCUT2D eigenvalue weighted by atomic mass is 16.5. The number of ether oxygens (including phenoxy) is 2. The van der Waals surface area contributed by atoms with Crippen LogP contribution in [0.25, 0.3) is 0 Å². The summed E-state index contributed by atoms with van der Waals surface area (Å²) in [5.74, 6) is 0.903. The molecule has 0 radical (unpaired) electrons. The van der Waals surface area contributed by atoms with E-state index in [0.29, 0.717) is 17.1 Å². The van der Waals surface area contributed by atoms with Gasteiger partial charge in [-0.1, -0.05) is 30.3 Å². The van der Waals surface area contributed by atoms with E-state index in [2.05, 4.69) is 23.5 Å². The predicted molar refractivity (Wildman–Crippen MR) is 89.3 cm³/mol. The van der Waals surface area contributed by atoms with Gasteiger partial charge in [0.1, 0.15) is 17.1 Å². The number of methoxy groups -OCH3 is 2. The molecule has 2 aromatic rings. The molecule has 1 amide bonds. The lowest BCUT2D eigenvalue weighted by molar-refractivity contribution is 0.0927. The number of amides is 1. The van der Waals surface area contributed by atoms with Crippen molar-refractivity contribution in [3.05, 3.63) is 59.2 Å². The van der Waals surface area contributed by atoms with Crippen molar-refractivity contribution in [3.8, 4) is 11.5 Å². The van der Waals surface area contributed by atoms with Crippen LogP contribution >= 0.6 is 0 Å². The highest BCUT2D eigenvalue weighted by Gasteiger charge is 2.24. The first-order valence-corrected chi connectivity index (χ1v) is 7.81. The van der Waals surface area contributed by atoms with Crippen molar-refractivity contribution in [1.82, 2.24) is 5.32 Å². The summed E-state index contributed by atoms with van der Waals surface area (Å²) in [6.45, 7) is 0. The number of hydrogen-bond acceptors (Lipinski definition) is 3. The summed E-state index contributed by atoms with van der Waals surface area (Å²) in [5.41, 5.74) is 3.15. The van der Waals surface area contributed by atoms with Gasteiger partial charge in [0, 0.05) is 6.04 Å². The molecule has 120 valence electrons. The Morgan fingerprint density at radius 1 is 1.00 bits per heavy atom. The maximum Gasteiger partial charge on any atom is 0.259 e. The molecular weight excluding hydrogens is 290 g/mol. The summed E-state index contributed by atoms with van der Waals surface area (Å²) in [6, 6.07) is 13.9. The van der Waals surface area contributed by atoms with Gasteiger partial charge < -0.3 is 14.8 Å². The number of carbonyl (C=O) groups excluding carboxylic acids is 1. The molecule has 23 heavy (non-hydrogen) atoms. The largest absolute Gasteiger partial charge is 0.496 e. The van der Waals surface area contributed by atoms with Gasteiger partial charge in [0.2, 0.25) is 0 Å². The third-order valence-corrected chi connectivity index (χ3v) is 4.34. The van der Waals surface area contributed by atoms with Gasteiger partial charge in [-0.25, -0.2) is 0 Å². The minimum atomic E-state index is -0.149. The summed E-state index contributed by atoms with van der Waals surface area (Å²) in [6.07, 6.45) is 2.80. The Balaban J connectivity index is 1.78. The maximum atomic E-state index is 12.7. The number of rotatable bonds is 4. The van der Waals surface area contributed by atoms with Gasteiger partial charge in [0.05, 0.1) is 14.2 Å². The molecule has 0 aliphatic heterocycles. The van der Waals surface area contributed by atoms with Crippen LogP contribution in [0.1, 0.15) is 27.9 Å². The molecule has 0 saturated carbocycles. The molecule has 0 saturated heterocycles. The molecule has 0 heterocycles. The molecule has 0 bridgehead atoms. The SMILES string of the molecule is COc1cccc(OC)c1C(=O)N[C@H]1CCc2ccccc2C1. The first-order chi connectivity index (χ1) is 11.2. The van der Waals surface area contributed by atoms with E-state index in [1.807, 2.05) is 12.1 Å². The first-order valence-electron chi connectivity index (χ1n) is 7.81. The van der Waals surface area contributed by atoms with Gasteiger partial charge in [-0.05, 0) is 42.5 Å². The molecule has 0 unspecified atom stereocenters. The molecule has 1 atom stereocenters. The molecule has 4 nitrogen and oxygen atoms in total. The van der Waals surface area contributed by atoms with Crippen LogP contribution in [-0.4, -0.2) is 26.2 Å².